The number of dihydropyridines is 1. The Hall–Kier alpha value is -3.53. The van der Waals surface area contributed by atoms with Crippen LogP contribution in [0.4, 0.5) is 4.79 Å². The Morgan fingerprint density at radius 3 is 2.91 bits per heavy atom. The number of carbonyl (C=O) groups is 2. The van der Waals surface area contributed by atoms with Gasteiger partial charge in [0.05, 0.1) is 24.6 Å². The molecule has 1 aliphatic carbocycles. The highest BCUT2D eigenvalue weighted by molar-refractivity contribution is 5.79. The SMILES string of the molecule is N#Cc1cccc(CC(=O)N2CCC3(CC2)CC3CNC(=O)N2C=C3C=CNC=C3C2)c1. The molecule has 32 heavy (non-hydrogen) atoms. The Balaban J connectivity index is 1.07. The van der Waals surface area contributed by atoms with Crippen molar-refractivity contribution in [3.63, 3.8) is 0 Å². The minimum Gasteiger partial charge on any atom is -0.367 e. The second kappa shape index (κ2) is 8.19. The van der Waals surface area contributed by atoms with Crippen LogP contribution in [0.5, 0.6) is 0 Å². The molecule has 1 aromatic rings. The lowest BCUT2D eigenvalue weighted by atomic mass is 9.90. The molecule has 0 radical (unpaired) electrons. The van der Waals surface area contributed by atoms with Crippen LogP contribution in [0.2, 0.25) is 0 Å². The second-order valence-electron chi connectivity index (χ2n) is 9.20. The molecule has 5 rings (SSSR count). The van der Waals surface area contributed by atoms with Crippen LogP contribution in [0, 0.1) is 22.7 Å². The predicted octanol–water partition coefficient (Wildman–Crippen LogP) is 2.64. The van der Waals surface area contributed by atoms with Crippen LogP contribution in [-0.2, 0) is 11.2 Å². The zero-order valence-corrected chi connectivity index (χ0v) is 18.0. The first-order valence-corrected chi connectivity index (χ1v) is 11.2. The Morgan fingerprint density at radius 1 is 1.28 bits per heavy atom. The van der Waals surface area contributed by atoms with Gasteiger partial charge in [0.2, 0.25) is 5.91 Å². The number of carbonyl (C=O) groups excluding carboxylic acids is 2. The number of fused-ring (bicyclic) bond motifs is 1. The Labute approximate surface area is 188 Å². The molecule has 0 bridgehead atoms. The van der Waals surface area contributed by atoms with Crippen LogP contribution in [0.1, 0.15) is 30.4 Å². The van der Waals surface area contributed by atoms with Gasteiger partial charge >= 0.3 is 6.03 Å². The van der Waals surface area contributed by atoms with Gasteiger partial charge in [0, 0.05) is 38.2 Å². The molecule has 1 saturated heterocycles. The van der Waals surface area contributed by atoms with Gasteiger partial charge in [0.1, 0.15) is 0 Å². The molecule has 164 valence electrons. The van der Waals surface area contributed by atoms with Gasteiger partial charge in [-0.1, -0.05) is 12.1 Å². The highest BCUT2D eigenvalue weighted by atomic mass is 16.2. The van der Waals surface area contributed by atoms with E-state index >= 15 is 0 Å². The summed E-state index contributed by atoms with van der Waals surface area (Å²) in [7, 11) is 0. The summed E-state index contributed by atoms with van der Waals surface area (Å²) in [6.07, 6.45) is 11.1. The van der Waals surface area contributed by atoms with Crippen LogP contribution >= 0.6 is 0 Å². The summed E-state index contributed by atoms with van der Waals surface area (Å²) in [6.45, 7) is 2.84. The minimum absolute atomic E-state index is 0.0459. The van der Waals surface area contributed by atoms with Gasteiger partial charge in [0.25, 0.3) is 0 Å². The second-order valence-corrected chi connectivity index (χ2v) is 9.20. The standard InChI is InChI=1S/C25H27N5O2/c26-13-19-3-1-2-18(10-19)11-23(31)29-8-5-25(6-9-29)12-22(25)15-28-24(32)30-16-20-4-7-27-14-21(20)17-30/h1-4,7,10,14,16,22,27H,5-6,8-9,11-12,15,17H2,(H,28,32). The molecule has 2 N–H and O–H groups in total. The maximum atomic E-state index is 12.7. The molecule has 3 aliphatic heterocycles. The summed E-state index contributed by atoms with van der Waals surface area (Å²) in [5, 5.41) is 15.2. The Morgan fingerprint density at radius 2 is 2.12 bits per heavy atom. The normalized spacial score (nSPS) is 22.4. The van der Waals surface area contributed by atoms with Gasteiger partial charge in [0.15, 0.2) is 0 Å². The van der Waals surface area contributed by atoms with Gasteiger partial charge < -0.3 is 15.5 Å². The van der Waals surface area contributed by atoms with Crippen molar-refractivity contribution in [3.05, 3.63) is 71.2 Å². The number of benzene rings is 1. The van der Waals surface area contributed by atoms with Crippen molar-refractivity contribution < 1.29 is 9.59 Å². The molecule has 3 heterocycles. The van der Waals surface area contributed by atoms with E-state index in [1.165, 1.54) is 0 Å². The quantitative estimate of drug-likeness (QED) is 0.770. The highest BCUT2D eigenvalue weighted by Gasteiger charge is 2.54. The number of hydrogen-bond acceptors (Lipinski definition) is 4. The van der Waals surface area contributed by atoms with Gasteiger partial charge in [-0.15, -0.1) is 0 Å². The summed E-state index contributed by atoms with van der Waals surface area (Å²) in [5.41, 5.74) is 3.96. The fraction of sp³-hybridized carbons (Fsp3) is 0.400. The number of hydrogen-bond donors (Lipinski definition) is 2. The predicted molar refractivity (Wildman–Crippen MR) is 120 cm³/mol. The zero-order chi connectivity index (χ0) is 22.1. The van der Waals surface area contributed by atoms with E-state index in [9.17, 15) is 9.59 Å². The third-order valence-electron chi connectivity index (χ3n) is 7.27. The van der Waals surface area contributed by atoms with Crippen LogP contribution in [0.25, 0.3) is 0 Å². The monoisotopic (exact) mass is 429 g/mol. The molecule has 1 spiro atoms. The number of allylic oxidation sites excluding steroid dienone is 1. The number of amides is 3. The van der Waals surface area contributed by atoms with E-state index in [2.05, 4.69) is 16.7 Å². The first-order valence-electron chi connectivity index (χ1n) is 11.2. The molecular weight excluding hydrogens is 402 g/mol. The number of piperidine rings is 1. The van der Waals surface area contributed by atoms with Gasteiger partial charge in [-0.25, -0.2) is 4.79 Å². The van der Waals surface area contributed by atoms with Gasteiger partial charge in [-0.3, -0.25) is 9.69 Å². The van der Waals surface area contributed by atoms with E-state index in [4.69, 9.17) is 5.26 Å². The average molecular weight is 430 g/mol. The number of nitrogens with one attached hydrogen (secondary N) is 2. The van der Waals surface area contributed by atoms with Crippen molar-refractivity contribution in [2.75, 3.05) is 26.2 Å². The minimum atomic E-state index is -0.0459. The Bertz CT molecular complexity index is 1070. The van der Waals surface area contributed by atoms with Crippen molar-refractivity contribution in [1.82, 2.24) is 20.4 Å². The zero-order valence-electron chi connectivity index (χ0n) is 18.0. The van der Waals surface area contributed by atoms with Crippen molar-refractivity contribution in [2.24, 2.45) is 11.3 Å². The van der Waals surface area contributed by atoms with E-state index < -0.39 is 0 Å². The molecule has 3 amide bonds. The third kappa shape index (κ3) is 4.01. The van der Waals surface area contributed by atoms with Gasteiger partial charge in [-0.2, -0.15) is 5.26 Å². The first-order chi connectivity index (χ1) is 15.6. The van der Waals surface area contributed by atoms with Crippen molar-refractivity contribution >= 4 is 11.9 Å². The number of urea groups is 1. The lowest BCUT2D eigenvalue weighted by Gasteiger charge is -2.33. The number of rotatable bonds is 4. The van der Waals surface area contributed by atoms with Crippen LogP contribution in [0.15, 0.2) is 60.1 Å². The molecule has 7 nitrogen and oxygen atoms in total. The molecule has 7 heteroatoms. The average Bonchev–Trinajstić information content (AvgIpc) is 3.29. The van der Waals surface area contributed by atoms with Gasteiger partial charge in [-0.05, 0) is 65.5 Å². The van der Waals surface area contributed by atoms with Crippen LogP contribution in [0.3, 0.4) is 0 Å². The maximum Gasteiger partial charge on any atom is 0.321 e. The van der Waals surface area contributed by atoms with Crippen molar-refractivity contribution in [1.29, 1.82) is 5.26 Å². The number of likely N-dealkylation sites (tertiary alicyclic amines) is 1. The highest BCUT2D eigenvalue weighted by Crippen LogP contribution is 2.59. The largest absolute Gasteiger partial charge is 0.367 e. The number of nitrogens with zero attached hydrogens (tertiary/aromatic N) is 3. The Kier molecular flexibility index (Phi) is 5.22. The molecule has 1 unspecified atom stereocenters. The van der Waals surface area contributed by atoms with Crippen LogP contribution < -0.4 is 10.6 Å². The lowest BCUT2D eigenvalue weighted by Crippen LogP contribution is -2.41. The summed E-state index contributed by atoms with van der Waals surface area (Å²) < 4.78 is 0. The van der Waals surface area contributed by atoms with Crippen molar-refractivity contribution in [2.45, 2.75) is 25.7 Å². The molecule has 0 aromatic heterocycles. The maximum absolute atomic E-state index is 12.7. The molecule has 1 saturated carbocycles. The van der Waals surface area contributed by atoms with E-state index in [1.807, 2.05) is 41.7 Å². The van der Waals surface area contributed by atoms with Crippen LogP contribution in [-0.4, -0.2) is 47.9 Å². The molecular formula is C25H27N5O2. The van der Waals surface area contributed by atoms with E-state index in [0.29, 0.717) is 31.0 Å². The third-order valence-corrected chi connectivity index (χ3v) is 7.27. The van der Waals surface area contributed by atoms with E-state index in [0.717, 1.165) is 49.1 Å². The summed E-state index contributed by atoms with van der Waals surface area (Å²) >= 11 is 0. The molecule has 2 fully saturated rings. The smallest absolute Gasteiger partial charge is 0.321 e. The van der Waals surface area contributed by atoms with E-state index in [1.54, 1.807) is 17.0 Å². The van der Waals surface area contributed by atoms with E-state index in [-0.39, 0.29) is 17.4 Å². The topological polar surface area (TPSA) is 88.5 Å². The fourth-order valence-corrected chi connectivity index (χ4v) is 5.15. The molecule has 1 atom stereocenters. The summed E-state index contributed by atoms with van der Waals surface area (Å²) in [5.74, 6) is 0.621. The summed E-state index contributed by atoms with van der Waals surface area (Å²) in [4.78, 5) is 29.0. The summed E-state index contributed by atoms with van der Waals surface area (Å²) in [6, 6.07) is 9.35. The molecule has 4 aliphatic rings. The first kappa shape index (κ1) is 20.4. The fourth-order valence-electron chi connectivity index (χ4n) is 5.15. The number of nitriles is 1. The lowest BCUT2D eigenvalue weighted by molar-refractivity contribution is -0.132. The van der Waals surface area contributed by atoms with Crippen molar-refractivity contribution in [3.8, 4) is 6.07 Å². The molecule has 1 aromatic carbocycles.